The first kappa shape index (κ1) is 8.13. The fourth-order valence-electron chi connectivity index (χ4n) is 1.00. The van der Waals surface area contributed by atoms with Gasteiger partial charge in [0, 0.05) is 13.1 Å². The number of hydrogen-bond donors (Lipinski definition) is 0. The monoisotopic (exact) mass is 158 g/mol. The highest BCUT2D eigenvalue weighted by atomic mass is 16.7. The van der Waals surface area contributed by atoms with Crippen molar-refractivity contribution in [3.8, 4) is 0 Å². The van der Waals surface area contributed by atoms with E-state index in [4.69, 9.17) is 4.84 Å². The Morgan fingerprint density at radius 1 is 1.45 bits per heavy atom. The number of hydroxylamine groups is 2. The second-order valence-corrected chi connectivity index (χ2v) is 2.39. The van der Waals surface area contributed by atoms with Gasteiger partial charge in [0.05, 0.1) is 0 Å². The Bertz CT molecular complexity index is 154. The summed E-state index contributed by atoms with van der Waals surface area (Å²) in [6.45, 7) is 1.14. The van der Waals surface area contributed by atoms with Crippen LogP contribution in [0.3, 0.4) is 0 Å². The van der Waals surface area contributed by atoms with Gasteiger partial charge in [-0.25, -0.2) is 4.79 Å². The van der Waals surface area contributed by atoms with Crippen LogP contribution in [0.2, 0.25) is 0 Å². The number of nitrogens with zero attached hydrogens (tertiary/aromatic N) is 2. The van der Waals surface area contributed by atoms with E-state index in [9.17, 15) is 9.70 Å². The van der Waals surface area contributed by atoms with Crippen LogP contribution in [0.15, 0.2) is 5.18 Å². The van der Waals surface area contributed by atoms with Crippen LogP contribution in [0.25, 0.3) is 0 Å². The summed E-state index contributed by atoms with van der Waals surface area (Å²) in [5.41, 5.74) is 0. The van der Waals surface area contributed by atoms with Crippen molar-refractivity contribution in [3.63, 3.8) is 0 Å². The van der Waals surface area contributed by atoms with Gasteiger partial charge in [-0.05, 0) is 12.8 Å². The molecule has 0 aliphatic carbocycles. The lowest BCUT2D eigenvalue weighted by Gasteiger charge is -2.12. The molecule has 0 N–H and O–H groups in total. The van der Waals surface area contributed by atoms with E-state index in [2.05, 4.69) is 5.18 Å². The molecule has 0 atom stereocenters. The number of carbonyl (C=O) groups is 1. The lowest BCUT2D eigenvalue weighted by Crippen LogP contribution is -2.25. The molecule has 62 valence electrons. The molecule has 0 saturated carbocycles. The van der Waals surface area contributed by atoms with Crippen LogP contribution >= 0.6 is 0 Å². The molecule has 5 nitrogen and oxygen atoms in total. The van der Waals surface area contributed by atoms with Crippen molar-refractivity contribution in [2.24, 2.45) is 5.18 Å². The molecule has 0 aromatic heterocycles. The Kier molecular flexibility index (Phi) is 2.97. The van der Waals surface area contributed by atoms with E-state index in [1.54, 1.807) is 5.06 Å². The highest BCUT2D eigenvalue weighted by molar-refractivity contribution is 5.71. The van der Waals surface area contributed by atoms with Crippen molar-refractivity contribution < 1.29 is 9.63 Å². The van der Waals surface area contributed by atoms with Crippen molar-refractivity contribution in [1.29, 1.82) is 0 Å². The van der Waals surface area contributed by atoms with Crippen LogP contribution in [0.4, 0.5) is 0 Å². The van der Waals surface area contributed by atoms with Crippen LogP contribution in [-0.4, -0.2) is 30.7 Å². The maximum absolute atomic E-state index is 10.6. The van der Waals surface area contributed by atoms with Crippen LogP contribution in [0, 0.1) is 4.91 Å². The average Bonchev–Trinajstić information content (AvgIpc) is 2.40. The number of rotatable bonds is 3. The quantitative estimate of drug-likeness (QED) is 0.554. The molecule has 1 saturated heterocycles. The minimum atomic E-state index is -0.568. The first-order chi connectivity index (χ1) is 5.33. The van der Waals surface area contributed by atoms with Gasteiger partial charge in [0.25, 0.3) is 0 Å². The van der Waals surface area contributed by atoms with Gasteiger partial charge in [-0.3, -0.25) is 0 Å². The molecule has 1 aliphatic rings. The van der Waals surface area contributed by atoms with E-state index in [0.29, 0.717) is 0 Å². The second kappa shape index (κ2) is 4.02. The molecule has 1 rings (SSSR count). The molecule has 1 heterocycles. The Morgan fingerprint density at radius 3 is 2.64 bits per heavy atom. The normalized spacial score (nSPS) is 18.2. The Morgan fingerprint density at radius 2 is 2.09 bits per heavy atom. The highest BCUT2D eigenvalue weighted by Gasteiger charge is 2.15. The van der Waals surface area contributed by atoms with E-state index >= 15 is 0 Å². The zero-order valence-electron chi connectivity index (χ0n) is 6.15. The van der Waals surface area contributed by atoms with E-state index in [1.807, 2.05) is 0 Å². The molecule has 0 aromatic carbocycles. The molecule has 1 aliphatic heterocycles. The van der Waals surface area contributed by atoms with Gasteiger partial charge < -0.3 is 4.84 Å². The number of hydrogen-bond acceptors (Lipinski definition) is 5. The Hall–Kier alpha value is -0.970. The molecule has 0 radical (unpaired) electrons. The van der Waals surface area contributed by atoms with E-state index < -0.39 is 12.5 Å². The van der Waals surface area contributed by atoms with Crippen LogP contribution < -0.4 is 0 Å². The predicted molar refractivity (Wildman–Crippen MR) is 37.6 cm³/mol. The summed E-state index contributed by atoms with van der Waals surface area (Å²) in [6, 6.07) is 0. The molecule has 0 bridgehead atoms. The number of nitroso groups, excluding NO2 is 1. The molecule has 1 fully saturated rings. The van der Waals surface area contributed by atoms with Gasteiger partial charge in [0.2, 0.25) is 0 Å². The molecule has 0 unspecified atom stereocenters. The first-order valence-electron chi connectivity index (χ1n) is 3.58. The van der Waals surface area contributed by atoms with Crippen molar-refractivity contribution in [1.82, 2.24) is 5.06 Å². The summed E-state index contributed by atoms with van der Waals surface area (Å²) in [5.74, 6) is -0.568. The lowest BCUT2D eigenvalue weighted by atomic mass is 10.4. The standard InChI is InChI=1S/C6H10N2O3/c9-6(5-7-10)11-8-3-1-2-4-8/h1-5H2. The summed E-state index contributed by atoms with van der Waals surface area (Å²) in [4.78, 5) is 25.0. The van der Waals surface area contributed by atoms with Gasteiger partial charge >= 0.3 is 5.97 Å². The van der Waals surface area contributed by atoms with Gasteiger partial charge in [-0.1, -0.05) is 5.18 Å². The van der Waals surface area contributed by atoms with Crippen LogP contribution in [0.1, 0.15) is 12.8 Å². The van der Waals surface area contributed by atoms with Gasteiger partial charge in [0.15, 0.2) is 6.54 Å². The van der Waals surface area contributed by atoms with Gasteiger partial charge in [-0.2, -0.15) is 4.91 Å². The first-order valence-corrected chi connectivity index (χ1v) is 3.58. The third-order valence-electron chi connectivity index (χ3n) is 1.49. The van der Waals surface area contributed by atoms with Crippen LogP contribution in [0.5, 0.6) is 0 Å². The minimum absolute atomic E-state index is 0.392. The van der Waals surface area contributed by atoms with Crippen molar-refractivity contribution in [2.75, 3.05) is 19.6 Å². The second-order valence-electron chi connectivity index (χ2n) is 2.39. The fraction of sp³-hybridized carbons (Fsp3) is 0.833. The highest BCUT2D eigenvalue weighted by Crippen LogP contribution is 2.07. The van der Waals surface area contributed by atoms with Crippen molar-refractivity contribution >= 4 is 5.97 Å². The Balaban J connectivity index is 2.18. The maximum atomic E-state index is 10.6. The lowest BCUT2D eigenvalue weighted by molar-refractivity contribution is -0.183. The molecule has 0 amide bonds. The summed E-state index contributed by atoms with van der Waals surface area (Å²) < 4.78 is 0. The number of carbonyl (C=O) groups excluding carboxylic acids is 1. The summed E-state index contributed by atoms with van der Waals surface area (Å²) >= 11 is 0. The zero-order chi connectivity index (χ0) is 8.10. The third-order valence-corrected chi connectivity index (χ3v) is 1.49. The summed E-state index contributed by atoms with van der Waals surface area (Å²) in [7, 11) is 0. The molecule has 5 heteroatoms. The van der Waals surface area contributed by atoms with Crippen molar-refractivity contribution in [2.45, 2.75) is 12.8 Å². The molecule has 0 spiro atoms. The molecule has 11 heavy (non-hydrogen) atoms. The van der Waals surface area contributed by atoms with E-state index in [1.165, 1.54) is 0 Å². The largest absolute Gasteiger partial charge is 0.366 e. The van der Waals surface area contributed by atoms with Gasteiger partial charge in [0.1, 0.15) is 0 Å². The predicted octanol–water partition coefficient (Wildman–Crippen LogP) is 0.307. The minimum Gasteiger partial charge on any atom is -0.366 e. The summed E-state index contributed by atoms with van der Waals surface area (Å²) in [5, 5.41) is 3.99. The SMILES string of the molecule is O=NCC(=O)ON1CCCC1. The van der Waals surface area contributed by atoms with E-state index in [-0.39, 0.29) is 0 Å². The van der Waals surface area contributed by atoms with Crippen molar-refractivity contribution in [3.05, 3.63) is 4.91 Å². The third kappa shape index (κ3) is 2.63. The average molecular weight is 158 g/mol. The maximum Gasteiger partial charge on any atom is 0.350 e. The van der Waals surface area contributed by atoms with E-state index in [0.717, 1.165) is 25.9 Å². The zero-order valence-corrected chi connectivity index (χ0v) is 6.15. The summed E-state index contributed by atoms with van der Waals surface area (Å²) in [6.07, 6.45) is 2.09. The topological polar surface area (TPSA) is 59.0 Å². The molecule has 0 aromatic rings. The van der Waals surface area contributed by atoms with Crippen LogP contribution in [-0.2, 0) is 9.63 Å². The molecular formula is C6H10N2O3. The van der Waals surface area contributed by atoms with Gasteiger partial charge in [-0.15, -0.1) is 5.06 Å². The Labute approximate surface area is 64.2 Å². The smallest absolute Gasteiger partial charge is 0.350 e. The fourth-order valence-corrected chi connectivity index (χ4v) is 1.00. The molecular weight excluding hydrogens is 148 g/mol.